The number of aromatic nitrogens is 2. The summed E-state index contributed by atoms with van der Waals surface area (Å²) in [5.74, 6) is 1.25. The van der Waals surface area contributed by atoms with Gasteiger partial charge in [-0.1, -0.05) is 12.1 Å². The largest absolute Gasteiger partial charge is 0.493 e. The minimum Gasteiger partial charge on any atom is -0.493 e. The number of hydrogen-bond acceptors (Lipinski definition) is 6. The third kappa shape index (κ3) is 4.37. The lowest BCUT2D eigenvalue weighted by molar-refractivity contribution is -0.116. The Bertz CT molecular complexity index is 881. The van der Waals surface area contributed by atoms with E-state index >= 15 is 0 Å². The van der Waals surface area contributed by atoms with E-state index in [1.807, 2.05) is 41.8 Å². The van der Waals surface area contributed by atoms with Gasteiger partial charge in [0.1, 0.15) is 5.69 Å². The Morgan fingerprint density at radius 3 is 2.69 bits per heavy atom. The van der Waals surface area contributed by atoms with Crippen LogP contribution in [0.15, 0.2) is 48.0 Å². The maximum absolute atomic E-state index is 12.2. The van der Waals surface area contributed by atoms with E-state index in [0.29, 0.717) is 29.5 Å². The Balaban J connectivity index is 1.57. The van der Waals surface area contributed by atoms with Crippen LogP contribution in [0.25, 0.3) is 11.4 Å². The molecule has 26 heavy (non-hydrogen) atoms. The summed E-state index contributed by atoms with van der Waals surface area (Å²) in [6.07, 6.45) is 2.68. The fourth-order valence-corrected chi connectivity index (χ4v) is 3.16. The summed E-state index contributed by atoms with van der Waals surface area (Å²) in [5, 5.41) is 5.29. The highest BCUT2D eigenvalue weighted by molar-refractivity contribution is 7.14. The van der Waals surface area contributed by atoms with Crippen LogP contribution >= 0.6 is 11.3 Å². The zero-order chi connectivity index (χ0) is 18.4. The topological polar surface area (TPSA) is 73.3 Å². The first-order valence-electron chi connectivity index (χ1n) is 8.07. The second-order valence-electron chi connectivity index (χ2n) is 5.49. The Hall–Kier alpha value is -2.93. The van der Waals surface area contributed by atoms with E-state index in [1.165, 1.54) is 11.3 Å². The van der Waals surface area contributed by atoms with Gasteiger partial charge in [0.05, 0.1) is 19.9 Å². The maximum atomic E-state index is 12.2. The number of nitrogens with zero attached hydrogens (tertiary/aromatic N) is 2. The van der Waals surface area contributed by atoms with Crippen molar-refractivity contribution in [2.45, 2.75) is 12.8 Å². The van der Waals surface area contributed by atoms with Crippen LogP contribution in [0.5, 0.6) is 11.5 Å². The molecule has 0 aliphatic rings. The number of anilines is 1. The van der Waals surface area contributed by atoms with Gasteiger partial charge >= 0.3 is 0 Å². The predicted molar refractivity (Wildman–Crippen MR) is 102 cm³/mol. The number of ether oxygens (including phenoxy) is 2. The van der Waals surface area contributed by atoms with Crippen molar-refractivity contribution in [3.8, 4) is 22.9 Å². The molecular weight excluding hydrogens is 350 g/mol. The van der Waals surface area contributed by atoms with Gasteiger partial charge in [0, 0.05) is 18.0 Å². The predicted octanol–water partition coefficient (Wildman–Crippen LogP) is 3.79. The van der Waals surface area contributed by atoms with E-state index in [4.69, 9.17) is 9.47 Å². The third-order valence-corrected chi connectivity index (χ3v) is 4.52. The van der Waals surface area contributed by atoms with Gasteiger partial charge in [0.15, 0.2) is 16.6 Å². The summed E-state index contributed by atoms with van der Waals surface area (Å²) in [4.78, 5) is 20.9. The molecule has 7 heteroatoms. The van der Waals surface area contributed by atoms with E-state index in [2.05, 4.69) is 15.3 Å². The van der Waals surface area contributed by atoms with E-state index in [-0.39, 0.29) is 5.91 Å². The molecule has 6 nitrogen and oxygen atoms in total. The maximum Gasteiger partial charge on any atom is 0.226 e. The second-order valence-corrected chi connectivity index (χ2v) is 6.35. The number of amides is 1. The van der Waals surface area contributed by atoms with Crippen LogP contribution in [0.2, 0.25) is 0 Å². The Kier molecular flexibility index (Phi) is 5.80. The van der Waals surface area contributed by atoms with Crippen LogP contribution in [0.4, 0.5) is 5.13 Å². The minimum absolute atomic E-state index is 0.0818. The van der Waals surface area contributed by atoms with E-state index in [9.17, 15) is 4.79 Å². The summed E-state index contributed by atoms with van der Waals surface area (Å²) >= 11 is 1.39. The number of nitrogens with one attached hydrogen (secondary N) is 1. The zero-order valence-electron chi connectivity index (χ0n) is 14.6. The van der Waals surface area contributed by atoms with Crippen LogP contribution in [0.3, 0.4) is 0 Å². The molecule has 0 aliphatic carbocycles. The number of hydrogen-bond donors (Lipinski definition) is 1. The van der Waals surface area contributed by atoms with Gasteiger partial charge in [-0.15, -0.1) is 11.3 Å². The number of carbonyl (C=O) groups is 1. The highest BCUT2D eigenvalue weighted by Gasteiger charge is 2.10. The normalized spacial score (nSPS) is 10.4. The average molecular weight is 369 g/mol. The fraction of sp³-hybridized carbons (Fsp3) is 0.211. The van der Waals surface area contributed by atoms with Crippen molar-refractivity contribution < 1.29 is 14.3 Å². The first-order chi connectivity index (χ1) is 12.7. The minimum atomic E-state index is -0.0818. The highest BCUT2D eigenvalue weighted by Crippen LogP contribution is 2.28. The van der Waals surface area contributed by atoms with E-state index in [0.717, 1.165) is 17.0 Å². The molecule has 2 aromatic heterocycles. The molecule has 1 aromatic carbocycles. The molecule has 0 spiro atoms. The first kappa shape index (κ1) is 17.9. The Labute approximate surface area is 155 Å². The summed E-state index contributed by atoms with van der Waals surface area (Å²) < 4.78 is 10.5. The molecule has 0 radical (unpaired) electrons. The van der Waals surface area contributed by atoms with E-state index in [1.54, 1.807) is 20.4 Å². The van der Waals surface area contributed by atoms with Crippen molar-refractivity contribution in [2.24, 2.45) is 0 Å². The summed E-state index contributed by atoms with van der Waals surface area (Å²) in [7, 11) is 3.19. The highest BCUT2D eigenvalue weighted by atomic mass is 32.1. The molecule has 0 aliphatic heterocycles. The van der Waals surface area contributed by atoms with Crippen molar-refractivity contribution in [3.05, 3.63) is 53.5 Å². The molecule has 0 bridgehead atoms. The number of pyridine rings is 1. The Morgan fingerprint density at radius 2 is 1.96 bits per heavy atom. The third-order valence-electron chi connectivity index (χ3n) is 3.77. The van der Waals surface area contributed by atoms with Gasteiger partial charge in [-0.05, 0) is 36.2 Å². The fourth-order valence-electron chi connectivity index (χ4n) is 2.44. The lowest BCUT2D eigenvalue weighted by Gasteiger charge is -2.09. The molecule has 0 atom stereocenters. The van der Waals surface area contributed by atoms with Gasteiger partial charge in [-0.2, -0.15) is 0 Å². The van der Waals surface area contributed by atoms with Crippen LogP contribution in [-0.2, 0) is 11.2 Å². The SMILES string of the molecule is COc1ccc(CCC(=O)Nc2nc(-c3ccccn3)cs2)cc1OC. The molecule has 3 aromatic rings. The molecule has 0 saturated carbocycles. The molecule has 2 heterocycles. The molecule has 134 valence electrons. The molecule has 0 unspecified atom stereocenters. The first-order valence-corrected chi connectivity index (χ1v) is 8.95. The monoisotopic (exact) mass is 369 g/mol. The molecule has 0 fully saturated rings. The van der Waals surface area contributed by atoms with Crippen molar-refractivity contribution in [2.75, 3.05) is 19.5 Å². The number of methoxy groups -OCH3 is 2. The summed E-state index contributed by atoms with van der Waals surface area (Å²) in [6.45, 7) is 0. The summed E-state index contributed by atoms with van der Waals surface area (Å²) in [5.41, 5.74) is 2.55. The van der Waals surface area contributed by atoms with Gasteiger partial charge < -0.3 is 14.8 Å². The standard InChI is InChI=1S/C19H19N3O3S/c1-24-16-8-6-13(11-17(16)25-2)7-9-18(23)22-19-21-15(12-26-19)14-5-3-4-10-20-14/h3-6,8,10-12H,7,9H2,1-2H3,(H,21,22,23). The average Bonchev–Trinajstić information content (AvgIpc) is 3.15. The number of rotatable bonds is 7. The van der Waals surface area contributed by atoms with Gasteiger partial charge in [-0.25, -0.2) is 4.98 Å². The van der Waals surface area contributed by atoms with Gasteiger partial charge in [0.2, 0.25) is 5.91 Å². The zero-order valence-corrected chi connectivity index (χ0v) is 15.4. The Morgan fingerprint density at radius 1 is 1.12 bits per heavy atom. The molecule has 3 rings (SSSR count). The number of thiazole rings is 1. The lowest BCUT2D eigenvalue weighted by Crippen LogP contribution is -2.12. The van der Waals surface area contributed by atoms with Gasteiger partial charge in [-0.3, -0.25) is 9.78 Å². The molecular formula is C19H19N3O3S. The van der Waals surface area contributed by atoms with Crippen molar-refractivity contribution in [3.63, 3.8) is 0 Å². The van der Waals surface area contributed by atoms with E-state index < -0.39 is 0 Å². The second kappa shape index (κ2) is 8.44. The number of carbonyl (C=O) groups excluding carboxylic acids is 1. The van der Waals surface area contributed by atoms with Crippen molar-refractivity contribution in [1.29, 1.82) is 0 Å². The van der Waals surface area contributed by atoms with Crippen molar-refractivity contribution in [1.82, 2.24) is 9.97 Å². The number of aryl methyl sites for hydroxylation is 1. The smallest absolute Gasteiger partial charge is 0.226 e. The van der Waals surface area contributed by atoms with Crippen molar-refractivity contribution >= 4 is 22.4 Å². The summed E-state index contributed by atoms with van der Waals surface area (Å²) in [6, 6.07) is 11.3. The molecule has 1 N–H and O–H groups in total. The van der Waals surface area contributed by atoms with Crippen LogP contribution < -0.4 is 14.8 Å². The van der Waals surface area contributed by atoms with Crippen LogP contribution in [0, 0.1) is 0 Å². The lowest BCUT2D eigenvalue weighted by atomic mass is 10.1. The number of benzene rings is 1. The van der Waals surface area contributed by atoms with Gasteiger partial charge in [0.25, 0.3) is 0 Å². The van der Waals surface area contributed by atoms with Crippen LogP contribution in [0.1, 0.15) is 12.0 Å². The quantitative estimate of drug-likeness (QED) is 0.686. The molecule has 1 amide bonds. The molecule has 0 saturated heterocycles. The van der Waals surface area contributed by atoms with Crippen LogP contribution in [-0.4, -0.2) is 30.1 Å².